The molecule has 0 amide bonds. The molecule has 1 heterocycles. The zero-order chi connectivity index (χ0) is 10.1. The molecule has 14 heavy (non-hydrogen) atoms. The van der Waals surface area contributed by atoms with Gasteiger partial charge in [0.1, 0.15) is 12.0 Å². The number of aromatic nitrogens is 1. The number of benzene rings is 1. The van der Waals surface area contributed by atoms with Crippen molar-refractivity contribution in [3.05, 3.63) is 41.2 Å². The summed E-state index contributed by atoms with van der Waals surface area (Å²) >= 11 is 0. The van der Waals surface area contributed by atoms with E-state index in [1.165, 1.54) is 22.3 Å². The van der Waals surface area contributed by atoms with E-state index >= 15 is 0 Å². The molecule has 1 aromatic carbocycles. The molecule has 2 rings (SSSR count). The Morgan fingerprint density at radius 2 is 1.71 bits per heavy atom. The first kappa shape index (κ1) is 9.00. The second-order valence-corrected chi connectivity index (χ2v) is 3.66. The van der Waals surface area contributed by atoms with E-state index < -0.39 is 0 Å². The molecular weight excluding hydrogens is 174 g/mol. The first-order valence-corrected chi connectivity index (χ1v) is 4.67. The van der Waals surface area contributed by atoms with Gasteiger partial charge in [0.05, 0.1) is 0 Å². The zero-order valence-electron chi connectivity index (χ0n) is 8.66. The molecule has 0 aliphatic carbocycles. The van der Waals surface area contributed by atoms with E-state index in [-0.39, 0.29) is 0 Å². The number of aryl methyl sites for hydroxylation is 3. The molecule has 0 radical (unpaired) electrons. The van der Waals surface area contributed by atoms with Crippen LogP contribution in [0.25, 0.3) is 11.3 Å². The van der Waals surface area contributed by atoms with Gasteiger partial charge in [0.2, 0.25) is 0 Å². The Balaban J connectivity index is 2.64. The quantitative estimate of drug-likeness (QED) is 0.684. The molecule has 0 fully saturated rings. The molecule has 72 valence electrons. The number of hydrogen-bond donors (Lipinski definition) is 0. The third-order valence-electron chi connectivity index (χ3n) is 2.37. The van der Waals surface area contributed by atoms with Crippen LogP contribution in [0.1, 0.15) is 16.7 Å². The van der Waals surface area contributed by atoms with Gasteiger partial charge in [0.25, 0.3) is 0 Å². The minimum absolute atomic E-state index is 0.917. The minimum atomic E-state index is 0.917. The van der Waals surface area contributed by atoms with Crippen molar-refractivity contribution < 1.29 is 4.52 Å². The summed E-state index contributed by atoms with van der Waals surface area (Å²) in [4.78, 5) is 0. The molecule has 2 nitrogen and oxygen atoms in total. The fraction of sp³-hybridized carbons (Fsp3) is 0.250. The van der Waals surface area contributed by atoms with E-state index in [9.17, 15) is 0 Å². The maximum absolute atomic E-state index is 4.86. The van der Waals surface area contributed by atoms with Crippen molar-refractivity contribution in [2.75, 3.05) is 0 Å². The molecule has 2 aromatic rings. The average molecular weight is 187 g/mol. The number of nitrogens with zero attached hydrogens (tertiary/aromatic N) is 1. The Kier molecular flexibility index (Phi) is 2.12. The summed E-state index contributed by atoms with van der Waals surface area (Å²) in [6.45, 7) is 6.31. The maximum atomic E-state index is 4.86. The van der Waals surface area contributed by atoms with Gasteiger partial charge in [-0.1, -0.05) is 22.9 Å². The van der Waals surface area contributed by atoms with Gasteiger partial charge in [0.15, 0.2) is 0 Å². The topological polar surface area (TPSA) is 26.0 Å². The molecular formula is C12H13NO. The van der Waals surface area contributed by atoms with Crippen LogP contribution in [0.4, 0.5) is 0 Å². The molecule has 2 heteroatoms. The smallest absolute Gasteiger partial charge is 0.124 e. The predicted molar refractivity (Wildman–Crippen MR) is 56.2 cm³/mol. The van der Waals surface area contributed by atoms with Crippen LogP contribution in [0.5, 0.6) is 0 Å². The lowest BCUT2D eigenvalue weighted by Crippen LogP contribution is -1.89. The van der Waals surface area contributed by atoms with Crippen LogP contribution >= 0.6 is 0 Å². The summed E-state index contributed by atoms with van der Waals surface area (Å²) < 4.78 is 4.86. The van der Waals surface area contributed by atoms with Crippen molar-refractivity contribution in [3.8, 4) is 11.3 Å². The Morgan fingerprint density at radius 1 is 1.07 bits per heavy atom. The second-order valence-electron chi connectivity index (χ2n) is 3.66. The highest BCUT2D eigenvalue weighted by Crippen LogP contribution is 2.26. The van der Waals surface area contributed by atoms with Crippen LogP contribution in [-0.4, -0.2) is 5.16 Å². The van der Waals surface area contributed by atoms with Crippen molar-refractivity contribution in [2.24, 2.45) is 0 Å². The Hall–Kier alpha value is -1.57. The van der Waals surface area contributed by atoms with Gasteiger partial charge in [0, 0.05) is 11.6 Å². The van der Waals surface area contributed by atoms with Crippen molar-refractivity contribution >= 4 is 0 Å². The Morgan fingerprint density at radius 3 is 2.21 bits per heavy atom. The van der Waals surface area contributed by atoms with Gasteiger partial charge >= 0.3 is 0 Å². The van der Waals surface area contributed by atoms with Crippen molar-refractivity contribution in [2.45, 2.75) is 20.8 Å². The average Bonchev–Trinajstić information content (AvgIpc) is 2.54. The molecule has 0 spiro atoms. The van der Waals surface area contributed by atoms with Crippen LogP contribution in [0, 0.1) is 20.8 Å². The third kappa shape index (κ3) is 1.43. The predicted octanol–water partition coefficient (Wildman–Crippen LogP) is 3.27. The molecule has 0 bridgehead atoms. The lowest BCUT2D eigenvalue weighted by molar-refractivity contribution is 0.422. The lowest BCUT2D eigenvalue weighted by Gasteiger charge is -2.07. The first-order chi connectivity index (χ1) is 6.68. The van der Waals surface area contributed by atoms with Gasteiger partial charge in [-0.3, -0.25) is 0 Å². The van der Waals surface area contributed by atoms with E-state index in [0.717, 1.165) is 5.69 Å². The third-order valence-corrected chi connectivity index (χ3v) is 2.37. The van der Waals surface area contributed by atoms with E-state index in [0.29, 0.717) is 0 Å². The Bertz CT molecular complexity index is 420. The lowest BCUT2D eigenvalue weighted by atomic mass is 9.98. The minimum Gasteiger partial charge on any atom is -0.364 e. The van der Waals surface area contributed by atoms with Gasteiger partial charge < -0.3 is 4.52 Å². The molecule has 0 aliphatic heterocycles. The fourth-order valence-electron chi connectivity index (χ4n) is 1.93. The molecule has 1 aromatic heterocycles. The highest BCUT2D eigenvalue weighted by atomic mass is 16.5. The normalized spacial score (nSPS) is 10.5. The van der Waals surface area contributed by atoms with Crippen LogP contribution < -0.4 is 0 Å². The van der Waals surface area contributed by atoms with Gasteiger partial charge in [-0.05, 0) is 31.9 Å². The maximum Gasteiger partial charge on any atom is 0.124 e. The summed E-state index contributed by atoms with van der Waals surface area (Å²) in [6, 6.07) is 6.22. The second kappa shape index (κ2) is 3.29. The largest absolute Gasteiger partial charge is 0.364 e. The van der Waals surface area contributed by atoms with E-state index in [1.807, 2.05) is 6.07 Å². The highest BCUT2D eigenvalue weighted by molar-refractivity contribution is 5.67. The van der Waals surface area contributed by atoms with Crippen LogP contribution in [0.3, 0.4) is 0 Å². The summed E-state index contributed by atoms with van der Waals surface area (Å²) in [6.07, 6.45) is 1.61. The molecule has 0 atom stereocenters. The van der Waals surface area contributed by atoms with Crippen molar-refractivity contribution in [1.82, 2.24) is 5.16 Å². The summed E-state index contributed by atoms with van der Waals surface area (Å²) in [5.74, 6) is 0. The molecule has 0 N–H and O–H groups in total. The first-order valence-electron chi connectivity index (χ1n) is 4.67. The zero-order valence-corrected chi connectivity index (χ0v) is 8.66. The molecule has 0 saturated carbocycles. The van der Waals surface area contributed by atoms with Crippen LogP contribution in [0.2, 0.25) is 0 Å². The van der Waals surface area contributed by atoms with E-state index in [2.05, 4.69) is 38.1 Å². The van der Waals surface area contributed by atoms with Gasteiger partial charge in [-0.25, -0.2) is 0 Å². The van der Waals surface area contributed by atoms with Crippen molar-refractivity contribution in [3.63, 3.8) is 0 Å². The molecule has 0 saturated heterocycles. The van der Waals surface area contributed by atoms with E-state index in [4.69, 9.17) is 4.52 Å². The van der Waals surface area contributed by atoms with Crippen molar-refractivity contribution in [1.29, 1.82) is 0 Å². The van der Waals surface area contributed by atoms with E-state index in [1.54, 1.807) is 6.26 Å². The number of hydrogen-bond acceptors (Lipinski definition) is 2. The van der Waals surface area contributed by atoms with Crippen LogP contribution in [0.15, 0.2) is 29.0 Å². The molecule has 0 aliphatic rings. The summed E-state index contributed by atoms with van der Waals surface area (Å²) in [5, 5.41) is 3.96. The number of rotatable bonds is 1. The highest BCUT2D eigenvalue weighted by Gasteiger charge is 2.08. The summed E-state index contributed by atoms with van der Waals surface area (Å²) in [7, 11) is 0. The monoisotopic (exact) mass is 187 g/mol. The fourth-order valence-corrected chi connectivity index (χ4v) is 1.93. The van der Waals surface area contributed by atoms with Gasteiger partial charge in [-0.15, -0.1) is 0 Å². The summed E-state index contributed by atoms with van der Waals surface area (Å²) in [5.41, 5.74) is 5.88. The Labute approximate surface area is 83.5 Å². The molecule has 0 unspecified atom stereocenters. The van der Waals surface area contributed by atoms with Crippen LogP contribution in [-0.2, 0) is 0 Å². The van der Waals surface area contributed by atoms with Gasteiger partial charge in [-0.2, -0.15) is 0 Å². The standard InChI is InChI=1S/C12H13NO/c1-8-6-9(2)12(10(3)7-8)11-4-5-14-13-11/h4-7H,1-3H3. The SMILES string of the molecule is Cc1cc(C)c(-c2ccon2)c(C)c1.